The van der Waals surface area contributed by atoms with Crippen molar-refractivity contribution in [3.63, 3.8) is 0 Å². The molecule has 0 radical (unpaired) electrons. The predicted octanol–water partition coefficient (Wildman–Crippen LogP) is 3.77. The maximum atomic E-state index is 7.00. The third-order valence-corrected chi connectivity index (χ3v) is 5.97. The molecule has 0 amide bonds. The van der Waals surface area contributed by atoms with E-state index in [1.807, 2.05) is 16.9 Å². The number of anilines is 1. The van der Waals surface area contributed by atoms with E-state index in [0.717, 1.165) is 79.6 Å². The van der Waals surface area contributed by atoms with Gasteiger partial charge in [-0.05, 0) is 25.0 Å². The lowest BCUT2D eigenvalue weighted by Crippen LogP contribution is -2.36. The number of rotatable bonds is 5. The molecule has 0 saturated carbocycles. The molecule has 1 aliphatic rings. The van der Waals surface area contributed by atoms with Crippen molar-refractivity contribution in [2.75, 3.05) is 38.3 Å². The zero-order chi connectivity index (χ0) is 24.2. The Bertz CT molecular complexity index is 1250. The Morgan fingerprint density at radius 1 is 1.06 bits per heavy atom. The van der Waals surface area contributed by atoms with Crippen LogP contribution >= 0.6 is 0 Å². The second kappa shape index (κ2) is 10.4. The van der Waals surface area contributed by atoms with Gasteiger partial charge in [-0.3, -0.25) is 0 Å². The lowest BCUT2D eigenvalue weighted by Gasteiger charge is -2.29. The molecular formula is C26H34N6O2. The average Bonchev–Trinajstić information content (AvgIpc) is 3.46. The van der Waals surface area contributed by atoms with Crippen LogP contribution < -0.4 is 4.90 Å². The molecule has 0 spiro atoms. The zero-order valence-corrected chi connectivity index (χ0v) is 20.7. The van der Waals surface area contributed by atoms with Crippen molar-refractivity contribution in [2.45, 2.75) is 27.2 Å². The summed E-state index contributed by atoms with van der Waals surface area (Å²) in [5, 5.41) is 11.9. The van der Waals surface area contributed by atoms with Crippen LogP contribution in [0.4, 0.5) is 5.69 Å². The SMILES string of the molecule is CO.Cc1cccc(-c2ccn(-c3cc(N4CCOCC4)c4nc(CC(C)C)n(C)c4n3)n2)c1. The van der Waals surface area contributed by atoms with Gasteiger partial charge in [0.2, 0.25) is 0 Å². The van der Waals surface area contributed by atoms with E-state index in [9.17, 15) is 0 Å². The number of nitrogens with zero attached hydrogens (tertiary/aromatic N) is 6. The van der Waals surface area contributed by atoms with Gasteiger partial charge in [-0.1, -0.05) is 37.6 Å². The Morgan fingerprint density at radius 3 is 2.53 bits per heavy atom. The highest BCUT2D eigenvalue weighted by molar-refractivity contribution is 5.88. The summed E-state index contributed by atoms with van der Waals surface area (Å²) < 4.78 is 9.60. The molecule has 180 valence electrons. The number of benzene rings is 1. The van der Waals surface area contributed by atoms with Crippen molar-refractivity contribution < 1.29 is 9.84 Å². The molecule has 1 fully saturated rings. The van der Waals surface area contributed by atoms with E-state index in [0.29, 0.717) is 5.92 Å². The van der Waals surface area contributed by atoms with Crippen LogP contribution in [0.5, 0.6) is 0 Å². The first-order chi connectivity index (χ1) is 16.5. The zero-order valence-electron chi connectivity index (χ0n) is 20.7. The van der Waals surface area contributed by atoms with Crippen molar-refractivity contribution in [1.29, 1.82) is 0 Å². The number of morpholine rings is 1. The number of ether oxygens (including phenoxy) is 1. The normalized spacial score (nSPS) is 13.9. The molecule has 4 aromatic rings. The summed E-state index contributed by atoms with van der Waals surface area (Å²) in [4.78, 5) is 12.4. The minimum Gasteiger partial charge on any atom is -0.400 e. The molecule has 1 aromatic carbocycles. The maximum Gasteiger partial charge on any atom is 0.164 e. The highest BCUT2D eigenvalue weighted by atomic mass is 16.5. The second-order valence-corrected chi connectivity index (χ2v) is 8.97. The number of aromatic nitrogens is 5. The van der Waals surface area contributed by atoms with Gasteiger partial charge in [-0.15, -0.1) is 0 Å². The molecule has 0 bridgehead atoms. The summed E-state index contributed by atoms with van der Waals surface area (Å²) in [5.41, 5.74) is 6.23. The van der Waals surface area contributed by atoms with E-state index < -0.39 is 0 Å². The summed E-state index contributed by atoms with van der Waals surface area (Å²) in [6, 6.07) is 12.6. The third kappa shape index (κ3) is 4.83. The summed E-state index contributed by atoms with van der Waals surface area (Å²) in [5.74, 6) is 2.40. The van der Waals surface area contributed by atoms with Crippen molar-refractivity contribution in [1.82, 2.24) is 24.3 Å². The maximum absolute atomic E-state index is 7.00. The Hall–Kier alpha value is -3.23. The minimum atomic E-state index is 0.528. The Kier molecular flexibility index (Phi) is 7.29. The number of aliphatic hydroxyl groups excluding tert-OH is 1. The second-order valence-electron chi connectivity index (χ2n) is 8.97. The van der Waals surface area contributed by atoms with E-state index in [4.69, 9.17) is 24.9 Å². The molecule has 5 rings (SSSR count). The molecule has 1 aliphatic heterocycles. The van der Waals surface area contributed by atoms with Gasteiger partial charge in [0.05, 0.1) is 24.6 Å². The quantitative estimate of drug-likeness (QED) is 0.486. The molecule has 0 atom stereocenters. The number of hydrogen-bond acceptors (Lipinski definition) is 6. The van der Waals surface area contributed by atoms with Crippen LogP contribution in [0.3, 0.4) is 0 Å². The Balaban J connectivity index is 0.00000133. The number of hydrogen-bond donors (Lipinski definition) is 1. The number of aryl methyl sites for hydroxylation is 2. The van der Waals surface area contributed by atoms with Crippen LogP contribution in [-0.2, 0) is 18.2 Å². The van der Waals surface area contributed by atoms with Gasteiger partial charge in [-0.25, -0.2) is 14.6 Å². The molecule has 0 unspecified atom stereocenters. The highest BCUT2D eigenvalue weighted by Crippen LogP contribution is 2.30. The topological polar surface area (TPSA) is 81.2 Å². The van der Waals surface area contributed by atoms with Crippen molar-refractivity contribution in [3.8, 4) is 17.1 Å². The van der Waals surface area contributed by atoms with Gasteiger partial charge in [0.1, 0.15) is 11.3 Å². The molecule has 0 aliphatic carbocycles. The van der Waals surface area contributed by atoms with Crippen molar-refractivity contribution >= 4 is 16.9 Å². The Labute approximate surface area is 200 Å². The van der Waals surface area contributed by atoms with Gasteiger partial charge >= 0.3 is 0 Å². The lowest BCUT2D eigenvalue weighted by atomic mass is 10.1. The lowest BCUT2D eigenvalue weighted by molar-refractivity contribution is 0.123. The first-order valence-corrected chi connectivity index (χ1v) is 11.8. The molecule has 1 N–H and O–H groups in total. The fourth-order valence-electron chi connectivity index (χ4n) is 4.29. The van der Waals surface area contributed by atoms with Crippen molar-refractivity contribution in [3.05, 3.63) is 54.0 Å². The van der Waals surface area contributed by atoms with Crippen LogP contribution in [0.1, 0.15) is 25.2 Å². The fourth-order valence-corrected chi connectivity index (χ4v) is 4.29. The van der Waals surface area contributed by atoms with Crippen LogP contribution in [0, 0.1) is 12.8 Å². The molecule has 4 heterocycles. The molecule has 34 heavy (non-hydrogen) atoms. The summed E-state index contributed by atoms with van der Waals surface area (Å²) in [7, 11) is 3.06. The summed E-state index contributed by atoms with van der Waals surface area (Å²) in [6.45, 7) is 9.69. The Morgan fingerprint density at radius 2 is 1.82 bits per heavy atom. The first kappa shape index (κ1) is 23.9. The standard InChI is InChI=1S/C25H30N6O.CH4O/c1-17(2)14-22-26-24-21(30-10-12-32-13-11-30)16-23(27-25(24)29(22)4)31-9-8-20(28-31)19-7-5-6-18(3)15-19;1-2/h5-9,15-17H,10-14H2,1-4H3;2H,1H3. The first-order valence-electron chi connectivity index (χ1n) is 11.8. The number of fused-ring (bicyclic) bond motifs is 1. The number of imidazole rings is 1. The molecular weight excluding hydrogens is 428 g/mol. The smallest absolute Gasteiger partial charge is 0.164 e. The van der Waals surface area contributed by atoms with E-state index in [1.165, 1.54) is 5.56 Å². The number of pyridine rings is 1. The van der Waals surface area contributed by atoms with E-state index in [1.54, 1.807) is 0 Å². The molecule has 8 nitrogen and oxygen atoms in total. The third-order valence-electron chi connectivity index (χ3n) is 5.97. The van der Waals surface area contributed by atoms with E-state index in [2.05, 4.69) is 67.6 Å². The predicted molar refractivity (Wildman–Crippen MR) is 136 cm³/mol. The van der Waals surface area contributed by atoms with Crippen molar-refractivity contribution in [2.24, 2.45) is 13.0 Å². The molecule has 3 aromatic heterocycles. The monoisotopic (exact) mass is 462 g/mol. The molecule has 1 saturated heterocycles. The van der Waals surface area contributed by atoms with Gasteiger partial charge in [0.15, 0.2) is 11.5 Å². The molecule has 8 heteroatoms. The van der Waals surface area contributed by atoms with Gasteiger partial charge in [0, 0.05) is 51.5 Å². The highest BCUT2D eigenvalue weighted by Gasteiger charge is 2.21. The average molecular weight is 463 g/mol. The summed E-state index contributed by atoms with van der Waals surface area (Å²) in [6.07, 6.45) is 2.91. The van der Waals surface area contributed by atoms with Gasteiger partial charge in [0.25, 0.3) is 0 Å². The largest absolute Gasteiger partial charge is 0.400 e. The minimum absolute atomic E-state index is 0.528. The number of aliphatic hydroxyl groups is 1. The van der Waals surface area contributed by atoms with Crippen LogP contribution in [0.25, 0.3) is 28.2 Å². The van der Waals surface area contributed by atoms with Crippen LogP contribution in [0.15, 0.2) is 42.6 Å². The van der Waals surface area contributed by atoms with E-state index >= 15 is 0 Å². The summed E-state index contributed by atoms with van der Waals surface area (Å²) >= 11 is 0. The fraction of sp³-hybridized carbons (Fsp3) is 0.423. The van der Waals surface area contributed by atoms with E-state index in [-0.39, 0.29) is 0 Å². The van der Waals surface area contributed by atoms with Gasteiger partial charge < -0.3 is 19.3 Å². The van der Waals surface area contributed by atoms with Gasteiger partial charge in [-0.2, -0.15) is 5.10 Å². The van der Waals surface area contributed by atoms with Crippen LogP contribution in [0.2, 0.25) is 0 Å². The van der Waals surface area contributed by atoms with Crippen LogP contribution in [-0.4, -0.2) is 62.8 Å².